The lowest BCUT2D eigenvalue weighted by Crippen LogP contribution is -2.42. The van der Waals surface area contributed by atoms with Crippen LogP contribution >= 0.6 is 23.2 Å². The van der Waals surface area contributed by atoms with Crippen LogP contribution in [0.25, 0.3) is 32.8 Å². The van der Waals surface area contributed by atoms with E-state index in [9.17, 15) is 32.7 Å². The molecule has 1 aromatic heterocycles. The zero-order valence-corrected chi connectivity index (χ0v) is 23.3. The summed E-state index contributed by atoms with van der Waals surface area (Å²) in [6.07, 6.45) is -5.06. The van der Waals surface area contributed by atoms with Crippen molar-refractivity contribution >= 4 is 56.8 Å². The number of hydrogen-bond acceptors (Lipinski definition) is 3. The van der Waals surface area contributed by atoms with Crippen molar-refractivity contribution in [2.45, 2.75) is 18.6 Å². The number of benzene rings is 4. The molecule has 0 spiro atoms. The Balaban J connectivity index is 1.65. The Morgan fingerprint density at radius 2 is 1.48 bits per heavy atom. The first-order valence-corrected chi connectivity index (χ1v) is 13.3. The number of carbonyl (C=O) groups excluding carboxylic acids is 1. The largest absolute Gasteiger partial charge is 0.480 e. The third-order valence-electron chi connectivity index (χ3n) is 7.09. The summed E-state index contributed by atoms with van der Waals surface area (Å²) in [5.41, 5.74) is -1.86. The number of carboxylic acids is 1. The molecule has 1 unspecified atom stereocenters. The minimum Gasteiger partial charge on any atom is -0.480 e. The first-order chi connectivity index (χ1) is 19.9. The fraction of sp³-hybridized carbons (Fsp3) is 0.129. The molecule has 11 heteroatoms. The van der Waals surface area contributed by atoms with Gasteiger partial charge in [-0.05, 0) is 40.1 Å². The number of para-hydroxylation sites is 1. The van der Waals surface area contributed by atoms with Crippen LogP contribution < -0.4 is 10.9 Å². The van der Waals surface area contributed by atoms with E-state index in [1.165, 1.54) is 60.1 Å². The Morgan fingerprint density at radius 3 is 2.10 bits per heavy atom. The summed E-state index contributed by atoms with van der Waals surface area (Å²) in [7, 11) is 1.41. The minimum absolute atomic E-state index is 0.0383. The molecule has 5 rings (SSSR count). The summed E-state index contributed by atoms with van der Waals surface area (Å²) >= 11 is 12.2. The van der Waals surface area contributed by atoms with Gasteiger partial charge in [-0.3, -0.25) is 9.59 Å². The maximum absolute atomic E-state index is 14.6. The quantitative estimate of drug-likeness (QED) is 0.214. The molecule has 1 heterocycles. The van der Waals surface area contributed by atoms with Gasteiger partial charge in [-0.1, -0.05) is 83.9 Å². The van der Waals surface area contributed by atoms with Gasteiger partial charge in [0.2, 0.25) is 0 Å². The summed E-state index contributed by atoms with van der Waals surface area (Å²) in [6.45, 7) is 0. The second-order valence-electron chi connectivity index (χ2n) is 9.61. The van der Waals surface area contributed by atoms with Crippen molar-refractivity contribution in [2.75, 3.05) is 0 Å². The van der Waals surface area contributed by atoms with Gasteiger partial charge in [0.1, 0.15) is 6.04 Å². The summed E-state index contributed by atoms with van der Waals surface area (Å²) < 4.78 is 44.9. The molecule has 0 saturated heterocycles. The molecular formula is C31H21Cl2F3N2O4. The Bertz CT molecular complexity index is 1930. The Labute approximate surface area is 246 Å². The standard InChI is InChI=1S/C31H21Cl2F3N2O4/c1-38-24-12-5-4-9-20(24)27(31(34,35)36)25(29(38)40)19-14-13-16(17-7-2-3-8-18(17)19)15-23(30(41)42)37-28(39)26-21(32)10-6-11-22(26)33/h2-14,23H,15H2,1H3,(H,37,39)(H,41,42). The Kier molecular flexibility index (Phi) is 7.74. The molecule has 6 nitrogen and oxygen atoms in total. The first-order valence-electron chi connectivity index (χ1n) is 12.6. The number of alkyl halides is 3. The number of nitrogens with zero attached hydrogens (tertiary/aromatic N) is 1. The molecule has 0 saturated carbocycles. The number of aromatic nitrogens is 1. The zero-order valence-electron chi connectivity index (χ0n) is 21.8. The second-order valence-corrected chi connectivity index (χ2v) is 10.4. The molecule has 4 aromatic carbocycles. The summed E-state index contributed by atoms with van der Waals surface area (Å²) in [4.78, 5) is 38.6. The van der Waals surface area contributed by atoms with Crippen LogP contribution in [0, 0.1) is 0 Å². The maximum atomic E-state index is 14.6. The fourth-order valence-corrected chi connectivity index (χ4v) is 5.73. The van der Waals surface area contributed by atoms with E-state index >= 15 is 0 Å². The zero-order chi connectivity index (χ0) is 30.3. The maximum Gasteiger partial charge on any atom is 0.417 e. The van der Waals surface area contributed by atoms with Crippen molar-refractivity contribution in [1.29, 1.82) is 0 Å². The number of carboxylic acid groups (broad SMARTS) is 1. The van der Waals surface area contributed by atoms with E-state index in [1.807, 2.05) is 0 Å². The summed E-state index contributed by atoms with van der Waals surface area (Å²) in [5.74, 6) is -2.14. The average molecular weight is 613 g/mol. The average Bonchev–Trinajstić information content (AvgIpc) is 2.94. The number of fused-ring (bicyclic) bond motifs is 2. The molecule has 0 bridgehead atoms. The minimum atomic E-state index is -4.85. The molecule has 1 amide bonds. The van der Waals surface area contributed by atoms with E-state index in [-0.39, 0.29) is 38.5 Å². The molecule has 2 N–H and O–H groups in total. The molecule has 0 radical (unpaired) electrons. The first kappa shape index (κ1) is 29.2. The molecule has 0 fully saturated rings. The number of aliphatic carboxylic acids is 1. The van der Waals surface area contributed by atoms with Gasteiger partial charge >= 0.3 is 12.1 Å². The molecule has 5 aromatic rings. The van der Waals surface area contributed by atoms with Crippen LogP contribution in [-0.4, -0.2) is 27.6 Å². The third-order valence-corrected chi connectivity index (χ3v) is 7.72. The fourth-order valence-electron chi connectivity index (χ4n) is 5.16. The Morgan fingerprint density at radius 1 is 0.881 bits per heavy atom. The van der Waals surface area contributed by atoms with Gasteiger partial charge in [0, 0.05) is 18.9 Å². The van der Waals surface area contributed by atoms with Crippen LogP contribution in [0.3, 0.4) is 0 Å². The number of carbonyl (C=O) groups is 2. The lowest BCUT2D eigenvalue weighted by atomic mass is 9.89. The van der Waals surface area contributed by atoms with Crippen molar-refractivity contribution in [3.63, 3.8) is 0 Å². The van der Waals surface area contributed by atoms with E-state index in [2.05, 4.69) is 5.32 Å². The van der Waals surface area contributed by atoms with Crippen molar-refractivity contribution in [3.05, 3.63) is 116 Å². The highest BCUT2D eigenvalue weighted by Gasteiger charge is 2.38. The van der Waals surface area contributed by atoms with E-state index in [0.29, 0.717) is 16.3 Å². The highest BCUT2D eigenvalue weighted by Crippen LogP contribution is 2.42. The van der Waals surface area contributed by atoms with Crippen LogP contribution in [0.1, 0.15) is 21.5 Å². The van der Waals surface area contributed by atoms with E-state index < -0.39 is 40.8 Å². The van der Waals surface area contributed by atoms with Gasteiger partial charge in [-0.15, -0.1) is 0 Å². The highest BCUT2D eigenvalue weighted by atomic mass is 35.5. The number of amides is 1. The number of nitrogens with one attached hydrogen (secondary N) is 1. The molecule has 0 aliphatic carbocycles. The lowest BCUT2D eigenvalue weighted by molar-refractivity contribution is -0.139. The molecular weight excluding hydrogens is 592 g/mol. The number of hydrogen-bond donors (Lipinski definition) is 2. The number of aryl methyl sites for hydroxylation is 1. The molecule has 0 aliphatic heterocycles. The van der Waals surface area contributed by atoms with Gasteiger partial charge < -0.3 is 15.0 Å². The van der Waals surface area contributed by atoms with Gasteiger partial charge in [0.25, 0.3) is 11.5 Å². The molecule has 42 heavy (non-hydrogen) atoms. The lowest BCUT2D eigenvalue weighted by Gasteiger charge is -2.20. The molecule has 0 aliphatic rings. The Hall–Kier alpha value is -4.34. The van der Waals surface area contributed by atoms with Gasteiger partial charge in [-0.25, -0.2) is 4.79 Å². The van der Waals surface area contributed by atoms with Gasteiger partial charge in [-0.2, -0.15) is 13.2 Å². The van der Waals surface area contributed by atoms with Crippen molar-refractivity contribution in [1.82, 2.24) is 9.88 Å². The van der Waals surface area contributed by atoms with Crippen LogP contribution in [0.15, 0.2) is 83.7 Å². The summed E-state index contributed by atoms with van der Waals surface area (Å²) in [6, 6.07) is 18.1. The van der Waals surface area contributed by atoms with Crippen molar-refractivity contribution in [2.24, 2.45) is 7.05 Å². The highest BCUT2D eigenvalue weighted by molar-refractivity contribution is 6.39. The van der Waals surface area contributed by atoms with Crippen molar-refractivity contribution in [3.8, 4) is 11.1 Å². The third kappa shape index (κ3) is 5.21. The van der Waals surface area contributed by atoms with Crippen LogP contribution in [0.5, 0.6) is 0 Å². The number of pyridine rings is 1. The van der Waals surface area contributed by atoms with Crippen LogP contribution in [0.2, 0.25) is 10.0 Å². The van der Waals surface area contributed by atoms with Crippen LogP contribution in [0.4, 0.5) is 13.2 Å². The predicted molar refractivity (Wildman–Crippen MR) is 156 cm³/mol. The normalized spacial score (nSPS) is 12.4. The van der Waals surface area contributed by atoms with E-state index in [0.717, 1.165) is 0 Å². The van der Waals surface area contributed by atoms with Crippen molar-refractivity contribution < 1.29 is 27.9 Å². The summed E-state index contributed by atoms with van der Waals surface area (Å²) in [5, 5.41) is 13.0. The number of rotatable bonds is 6. The molecule has 214 valence electrons. The van der Waals surface area contributed by atoms with Gasteiger partial charge in [0.05, 0.1) is 32.3 Å². The van der Waals surface area contributed by atoms with Crippen LogP contribution in [-0.2, 0) is 24.4 Å². The SMILES string of the molecule is Cn1c(=O)c(-c2ccc(CC(NC(=O)c3c(Cl)cccc3Cl)C(=O)O)c3ccccc23)c(C(F)(F)F)c2ccccc21. The van der Waals surface area contributed by atoms with E-state index in [4.69, 9.17) is 23.2 Å². The topological polar surface area (TPSA) is 88.4 Å². The van der Waals surface area contributed by atoms with E-state index in [1.54, 1.807) is 30.3 Å². The smallest absolute Gasteiger partial charge is 0.417 e. The second kappa shape index (κ2) is 11.2. The number of halogens is 5. The monoisotopic (exact) mass is 612 g/mol. The van der Waals surface area contributed by atoms with Gasteiger partial charge in [0.15, 0.2) is 0 Å². The predicted octanol–water partition coefficient (Wildman–Crippen LogP) is 7.11. The molecule has 1 atom stereocenters.